The summed E-state index contributed by atoms with van der Waals surface area (Å²) in [5.41, 5.74) is 1.20. The minimum Gasteiger partial charge on any atom is -0.375 e. The maximum Gasteiger partial charge on any atom is 0.254 e. The Morgan fingerprint density at radius 2 is 2.14 bits per heavy atom. The molecule has 1 aliphatic heterocycles. The number of hydrogen-bond acceptors (Lipinski definition) is 5. The van der Waals surface area contributed by atoms with Crippen LogP contribution in [0.4, 0.5) is 11.4 Å². The molecule has 114 valence electrons. The average molecular weight is 293 g/mol. The molecule has 0 radical (unpaired) electrons. The molecule has 2 amide bonds. The van der Waals surface area contributed by atoms with Crippen molar-refractivity contribution in [1.29, 1.82) is 0 Å². The van der Waals surface area contributed by atoms with Crippen LogP contribution in [-0.4, -0.2) is 51.3 Å². The molecule has 1 heterocycles. The summed E-state index contributed by atoms with van der Waals surface area (Å²) in [5.74, 6) is -0.455. The number of anilines is 2. The third-order valence-electron chi connectivity index (χ3n) is 2.91. The van der Waals surface area contributed by atoms with Gasteiger partial charge in [0.2, 0.25) is 5.91 Å². The van der Waals surface area contributed by atoms with E-state index >= 15 is 0 Å². The van der Waals surface area contributed by atoms with Crippen LogP contribution >= 0.6 is 0 Å². The van der Waals surface area contributed by atoms with E-state index in [9.17, 15) is 9.59 Å². The van der Waals surface area contributed by atoms with Crippen LogP contribution in [-0.2, 0) is 19.1 Å². The minimum atomic E-state index is -0.495. The Morgan fingerprint density at radius 3 is 2.81 bits per heavy atom. The van der Waals surface area contributed by atoms with Crippen LogP contribution in [0.1, 0.15) is 0 Å². The molecule has 21 heavy (non-hydrogen) atoms. The highest BCUT2D eigenvalue weighted by molar-refractivity contribution is 5.96. The fourth-order valence-electron chi connectivity index (χ4n) is 1.96. The molecule has 7 nitrogen and oxygen atoms in total. The van der Waals surface area contributed by atoms with Crippen molar-refractivity contribution in [3.05, 3.63) is 24.3 Å². The van der Waals surface area contributed by atoms with E-state index in [0.29, 0.717) is 24.5 Å². The summed E-state index contributed by atoms with van der Waals surface area (Å²) in [7, 11) is 1.45. The van der Waals surface area contributed by atoms with Gasteiger partial charge in [-0.1, -0.05) is 6.07 Å². The number of amides is 2. The zero-order chi connectivity index (χ0) is 15.1. The number of nitrogens with one attached hydrogen (secondary N) is 3. The fraction of sp³-hybridized carbons (Fsp3) is 0.429. The van der Waals surface area contributed by atoms with Crippen LogP contribution in [0.5, 0.6) is 0 Å². The van der Waals surface area contributed by atoms with Crippen molar-refractivity contribution in [2.24, 2.45) is 0 Å². The standard InChI is InChI=1S/C14H19N3O4/c1-20-9-13(18)16-10-3-2-4-11(7-10)17-14(19)12-8-15-5-6-21-12/h2-4,7,12,15H,5-6,8-9H2,1H3,(H,16,18)(H,17,19). The summed E-state index contributed by atoms with van der Waals surface area (Å²) in [6.45, 7) is 1.75. The van der Waals surface area contributed by atoms with Gasteiger partial charge in [0.25, 0.3) is 5.91 Å². The highest BCUT2D eigenvalue weighted by Gasteiger charge is 2.21. The van der Waals surface area contributed by atoms with E-state index in [1.807, 2.05) is 0 Å². The monoisotopic (exact) mass is 293 g/mol. The van der Waals surface area contributed by atoms with Gasteiger partial charge >= 0.3 is 0 Å². The van der Waals surface area contributed by atoms with Gasteiger partial charge in [-0.15, -0.1) is 0 Å². The van der Waals surface area contributed by atoms with E-state index in [2.05, 4.69) is 16.0 Å². The van der Waals surface area contributed by atoms with Gasteiger partial charge in [0, 0.05) is 31.6 Å². The Balaban J connectivity index is 1.93. The van der Waals surface area contributed by atoms with Gasteiger partial charge in [-0.2, -0.15) is 0 Å². The number of hydrogen-bond donors (Lipinski definition) is 3. The van der Waals surface area contributed by atoms with Crippen LogP contribution in [0.3, 0.4) is 0 Å². The fourth-order valence-corrected chi connectivity index (χ4v) is 1.96. The number of methoxy groups -OCH3 is 1. The van der Waals surface area contributed by atoms with E-state index in [0.717, 1.165) is 6.54 Å². The lowest BCUT2D eigenvalue weighted by atomic mass is 10.2. The lowest BCUT2D eigenvalue weighted by molar-refractivity contribution is -0.128. The lowest BCUT2D eigenvalue weighted by Crippen LogP contribution is -2.45. The average Bonchev–Trinajstić information content (AvgIpc) is 2.48. The van der Waals surface area contributed by atoms with Crippen molar-refractivity contribution < 1.29 is 19.1 Å². The molecule has 0 spiro atoms. The van der Waals surface area contributed by atoms with Crippen molar-refractivity contribution in [2.45, 2.75) is 6.10 Å². The molecule has 1 aromatic rings. The Labute approximate surface area is 123 Å². The van der Waals surface area contributed by atoms with Crippen molar-refractivity contribution in [2.75, 3.05) is 44.0 Å². The number of morpholine rings is 1. The highest BCUT2D eigenvalue weighted by atomic mass is 16.5. The Morgan fingerprint density at radius 1 is 1.38 bits per heavy atom. The zero-order valence-electron chi connectivity index (χ0n) is 11.8. The van der Waals surface area contributed by atoms with Gasteiger partial charge in [-0.05, 0) is 18.2 Å². The number of carbonyl (C=O) groups is 2. The molecule has 1 saturated heterocycles. The Hall–Kier alpha value is -1.96. The molecule has 3 N–H and O–H groups in total. The SMILES string of the molecule is COCC(=O)Nc1cccc(NC(=O)C2CNCCO2)c1. The van der Waals surface area contributed by atoms with Crippen LogP contribution in [0, 0.1) is 0 Å². The largest absolute Gasteiger partial charge is 0.375 e. The lowest BCUT2D eigenvalue weighted by Gasteiger charge is -2.22. The van der Waals surface area contributed by atoms with Crippen LogP contribution < -0.4 is 16.0 Å². The first-order valence-electron chi connectivity index (χ1n) is 6.71. The Kier molecular flexibility index (Phi) is 5.68. The number of rotatable bonds is 5. The normalized spacial score (nSPS) is 18.0. The summed E-state index contributed by atoms with van der Waals surface area (Å²) in [5, 5.41) is 8.54. The molecule has 0 bridgehead atoms. The molecule has 2 rings (SSSR count). The third-order valence-corrected chi connectivity index (χ3v) is 2.91. The van der Waals surface area contributed by atoms with Crippen molar-refractivity contribution >= 4 is 23.2 Å². The quantitative estimate of drug-likeness (QED) is 0.721. The minimum absolute atomic E-state index is 0.0157. The van der Waals surface area contributed by atoms with Gasteiger partial charge in [0.05, 0.1) is 6.61 Å². The first-order chi connectivity index (χ1) is 10.2. The van der Waals surface area contributed by atoms with Gasteiger partial charge in [0.15, 0.2) is 0 Å². The van der Waals surface area contributed by atoms with Crippen LogP contribution in [0.15, 0.2) is 24.3 Å². The van der Waals surface area contributed by atoms with Gasteiger partial charge in [-0.3, -0.25) is 9.59 Å². The van der Waals surface area contributed by atoms with Crippen LogP contribution in [0.25, 0.3) is 0 Å². The molecule has 1 fully saturated rings. The maximum absolute atomic E-state index is 12.0. The molecule has 0 saturated carbocycles. The van der Waals surface area contributed by atoms with Crippen molar-refractivity contribution in [3.8, 4) is 0 Å². The van der Waals surface area contributed by atoms with E-state index < -0.39 is 6.10 Å². The summed E-state index contributed by atoms with van der Waals surface area (Å²) in [6, 6.07) is 6.92. The highest BCUT2D eigenvalue weighted by Crippen LogP contribution is 2.15. The summed E-state index contributed by atoms with van der Waals surface area (Å²) < 4.78 is 10.1. The number of carbonyl (C=O) groups excluding carboxylic acids is 2. The third kappa shape index (κ3) is 4.82. The van der Waals surface area contributed by atoms with Crippen molar-refractivity contribution in [1.82, 2.24) is 5.32 Å². The second-order valence-corrected chi connectivity index (χ2v) is 4.61. The van der Waals surface area contributed by atoms with Crippen LogP contribution in [0.2, 0.25) is 0 Å². The molecule has 0 aromatic heterocycles. The molecule has 1 atom stereocenters. The number of ether oxygens (including phenoxy) is 2. The van der Waals surface area contributed by atoms with Gasteiger partial charge in [0.1, 0.15) is 12.7 Å². The second kappa shape index (κ2) is 7.72. The molecule has 0 aliphatic carbocycles. The van der Waals surface area contributed by atoms with E-state index in [1.54, 1.807) is 24.3 Å². The van der Waals surface area contributed by atoms with E-state index in [4.69, 9.17) is 9.47 Å². The predicted octanol–water partition coefficient (Wildman–Crippen LogP) is 0.198. The molecule has 1 unspecified atom stereocenters. The van der Waals surface area contributed by atoms with E-state index in [-0.39, 0.29) is 18.4 Å². The van der Waals surface area contributed by atoms with Crippen molar-refractivity contribution in [3.63, 3.8) is 0 Å². The molecule has 7 heteroatoms. The summed E-state index contributed by atoms with van der Waals surface area (Å²) in [6.07, 6.45) is -0.495. The second-order valence-electron chi connectivity index (χ2n) is 4.61. The predicted molar refractivity (Wildman–Crippen MR) is 78.2 cm³/mol. The van der Waals surface area contributed by atoms with Gasteiger partial charge in [-0.25, -0.2) is 0 Å². The molecule has 1 aromatic carbocycles. The summed E-state index contributed by atoms with van der Waals surface area (Å²) in [4.78, 5) is 23.5. The smallest absolute Gasteiger partial charge is 0.254 e. The zero-order valence-corrected chi connectivity index (χ0v) is 11.8. The first kappa shape index (κ1) is 15.4. The topological polar surface area (TPSA) is 88.7 Å². The Bertz CT molecular complexity index is 501. The maximum atomic E-state index is 12.0. The number of benzene rings is 1. The van der Waals surface area contributed by atoms with E-state index in [1.165, 1.54) is 7.11 Å². The first-order valence-corrected chi connectivity index (χ1v) is 6.71. The molecular weight excluding hydrogens is 274 g/mol. The molecular formula is C14H19N3O4. The molecule has 1 aliphatic rings. The summed E-state index contributed by atoms with van der Waals surface area (Å²) >= 11 is 0. The van der Waals surface area contributed by atoms with Gasteiger partial charge < -0.3 is 25.4 Å².